The molecule has 0 aliphatic carbocycles. The van der Waals surface area contributed by atoms with Gasteiger partial charge in [0.25, 0.3) is 0 Å². The molecule has 0 aliphatic heterocycles. The molecule has 0 saturated heterocycles. The highest BCUT2D eigenvalue weighted by molar-refractivity contribution is 5.76. The van der Waals surface area contributed by atoms with E-state index in [-0.39, 0.29) is 18.5 Å². The number of hydrogen-bond acceptors (Lipinski definition) is 5. The van der Waals surface area contributed by atoms with E-state index in [2.05, 4.69) is 43.5 Å². The number of amides is 1. The molecule has 6 nitrogen and oxygen atoms in total. The van der Waals surface area contributed by atoms with Gasteiger partial charge in [-0.05, 0) is 64.2 Å². The van der Waals surface area contributed by atoms with Crippen LogP contribution in [0.25, 0.3) is 0 Å². The molecular weight excluding hydrogens is 1020 g/mol. The molecule has 2 atom stereocenters. The van der Waals surface area contributed by atoms with Crippen LogP contribution in [0.5, 0.6) is 0 Å². The van der Waals surface area contributed by atoms with Gasteiger partial charge in [0.1, 0.15) is 0 Å². The van der Waals surface area contributed by atoms with E-state index in [0.29, 0.717) is 19.4 Å². The maximum absolute atomic E-state index is 12.5. The van der Waals surface area contributed by atoms with Gasteiger partial charge in [0.15, 0.2) is 0 Å². The maximum atomic E-state index is 12.5. The van der Waals surface area contributed by atoms with Gasteiger partial charge in [-0.15, -0.1) is 0 Å². The van der Waals surface area contributed by atoms with Crippen LogP contribution in [-0.2, 0) is 14.3 Å². The van der Waals surface area contributed by atoms with Crippen LogP contribution in [0, 0.1) is 0 Å². The van der Waals surface area contributed by atoms with E-state index in [4.69, 9.17) is 4.74 Å². The summed E-state index contributed by atoms with van der Waals surface area (Å²) in [7, 11) is 0. The Kier molecular flexibility index (Phi) is 70.9. The number of carbonyl (C=O) groups excluding carboxylic acids is 2. The smallest absolute Gasteiger partial charge is 0.305 e. The first-order valence-corrected chi connectivity index (χ1v) is 37.8. The van der Waals surface area contributed by atoms with Crippen molar-refractivity contribution in [2.24, 2.45) is 0 Å². The highest BCUT2D eigenvalue weighted by Crippen LogP contribution is 2.19. The molecule has 0 aliphatic rings. The molecule has 0 heterocycles. The Bertz CT molecular complexity index is 1340. The third kappa shape index (κ3) is 69.1. The van der Waals surface area contributed by atoms with Crippen molar-refractivity contribution in [1.29, 1.82) is 0 Å². The maximum Gasteiger partial charge on any atom is 0.305 e. The normalized spacial score (nSPS) is 12.7. The summed E-state index contributed by atoms with van der Waals surface area (Å²) in [6.07, 6.45) is 93.8. The van der Waals surface area contributed by atoms with Gasteiger partial charge in [-0.3, -0.25) is 9.59 Å². The van der Waals surface area contributed by atoms with Gasteiger partial charge in [0, 0.05) is 12.8 Å². The Morgan fingerprint density at radius 2 is 0.602 bits per heavy atom. The van der Waals surface area contributed by atoms with Gasteiger partial charge in [-0.25, -0.2) is 0 Å². The molecule has 0 aromatic carbocycles. The van der Waals surface area contributed by atoms with Crippen molar-refractivity contribution >= 4 is 11.9 Å². The molecule has 0 bridgehead atoms. The summed E-state index contributed by atoms with van der Waals surface area (Å²) < 4.78 is 5.51. The number of ether oxygens (including phenoxy) is 1. The summed E-state index contributed by atoms with van der Waals surface area (Å²) in [5.74, 6) is -0.0501. The number of nitrogens with one attached hydrogen (secondary N) is 1. The second-order valence-corrected chi connectivity index (χ2v) is 26.0. The lowest BCUT2D eigenvalue weighted by Gasteiger charge is -2.20. The minimum absolute atomic E-state index is 0.0111. The molecule has 0 radical (unpaired) electrons. The highest BCUT2D eigenvalue weighted by Gasteiger charge is 2.18. The van der Waals surface area contributed by atoms with E-state index < -0.39 is 12.1 Å². The molecule has 0 fully saturated rings. The first-order chi connectivity index (χ1) is 41.0. The molecule has 0 rings (SSSR count). The SMILES string of the molecule is CCCCCC/C=C\C/C=C\CCCCCCCCCC(=O)OCCCCCCCCCCCCCCCCCCCCCCCCCCCCCC(=O)NC(CO)C(O)/C=C/CCCCCCCCCCCCCCCCCCCCC. The van der Waals surface area contributed by atoms with Crippen molar-refractivity contribution in [3.63, 3.8) is 0 Å². The van der Waals surface area contributed by atoms with E-state index >= 15 is 0 Å². The van der Waals surface area contributed by atoms with E-state index in [9.17, 15) is 19.8 Å². The number of hydrogen-bond donors (Lipinski definition) is 3. The Morgan fingerprint density at radius 3 is 0.928 bits per heavy atom. The largest absolute Gasteiger partial charge is 0.466 e. The first-order valence-electron chi connectivity index (χ1n) is 37.8. The standard InChI is InChI=1S/C77H147NO5/c1-3-5-7-9-11-13-15-17-19-21-23-31-34-37-41-45-49-53-57-61-65-69-75(80)74(73-79)78-76(81)70-66-62-58-54-50-46-42-38-35-32-29-27-25-24-26-28-30-33-36-40-44-48-52-56-60-64-68-72-83-77(82)71-67-63-59-55-51-47-43-39-22-20-18-16-14-12-10-8-6-4-2/h14,16,20,22,65,69,74-75,79-80H,3-13,15,17-19,21,23-64,66-68,70-73H2,1-2H3,(H,78,81)/b16-14-,22-20-,69-65+. The summed E-state index contributed by atoms with van der Waals surface area (Å²) >= 11 is 0. The predicted molar refractivity (Wildman–Crippen MR) is 366 cm³/mol. The zero-order valence-electron chi connectivity index (χ0n) is 56.2. The Morgan fingerprint density at radius 1 is 0.337 bits per heavy atom. The minimum atomic E-state index is -0.844. The average molecular weight is 1170 g/mol. The number of aliphatic hydroxyl groups excluding tert-OH is 2. The van der Waals surface area contributed by atoms with Crippen molar-refractivity contribution in [3.8, 4) is 0 Å². The molecule has 3 N–H and O–H groups in total. The van der Waals surface area contributed by atoms with E-state index in [1.165, 1.54) is 340 Å². The zero-order chi connectivity index (χ0) is 59.9. The van der Waals surface area contributed by atoms with E-state index in [0.717, 1.165) is 51.4 Å². The van der Waals surface area contributed by atoms with Crippen LogP contribution in [0.1, 0.15) is 418 Å². The molecule has 2 unspecified atom stereocenters. The van der Waals surface area contributed by atoms with Crippen molar-refractivity contribution in [2.75, 3.05) is 13.2 Å². The predicted octanol–water partition coefficient (Wildman–Crippen LogP) is 24.7. The van der Waals surface area contributed by atoms with Gasteiger partial charge >= 0.3 is 5.97 Å². The minimum Gasteiger partial charge on any atom is -0.466 e. The molecule has 1 amide bonds. The number of carbonyl (C=O) groups is 2. The van der Waals surface area contributed by atoms with Crippen molar-refractivity contribution < 1.29 is 24.5 Å². The third-order valence-electron chi connectivity index (χ3n) is 17.7. The molecule has 0 aromatic rings. The van der Waals surface area contributed by atoms with Crippen LogP contribution in [0.4, 0.5) is 0 Å². The van der Waals surface area contributed by atoms with Crippen LogP contribution in [-0.4, -0.2) is 47.4 Å². The monoisotopic (exact) mass is 1170 g/mol. The lowest BCUT2D eigenvalue weighted by Crippen LogP contribution is -2.45. The fraction of sp³-hybridized carbons (Fsp3) is 0.896. The fourth-order valence-corrected chi connectivity index (χ4v) is 11.9. The van der Waals surface area contributed by atoms with Crippen LogP contribution in [0.2, 0.25) is 0 Å². The highest BCUT2D eigenvalue weighted by atomic mass is 16.5. The Hall–Kier alpha value is -1.92. The number of rotatable bonds is 71. The molecule has 6 heteroatoms. The second-order valence-electron chi connectivity index (χ2n) is 26.0. The molecule has 0 spiro atoms. The summed E-state index contributed by atoms with van der Waals surface area (Å²) in [6, 6.07) is -0.627. The first kappa shape index (κ1) is 81.1. The molecule has 83 heavy (non-hydrogen) atoms. The fourth-order valence-electron chi connectivity index (χ4n) is 11.9. The topological polar surface area (TPSA) is 95.9 Å². The van der Waals surface area contributed by atoms with Gasteiger partial charge < -0.3 is 20.3 Å². The van der Waals surface area contributed by atoms with E-state index in [1.807, 2.05) is 6.08 Å². The molecule has 0 aromatic heterocycles. The molecule has 490 valence electrons. The van der Waals surface area contributed by atoms with Crippen molar-refractivity contribution in [1.82, 2.24) is 5.32 Å². The summed E-state index contributed by atoms with van der Waals surface area (Å²) in [5, 5.41) is 23.3. The molecule has 0 saturated carbocycles. The number of aliphatic hydroxyl groups is 2. The quantitative estimate of drug-likeness (QED) is 0.0320. The summed E-state index contributed by atoms with van der Waals surface area (Å²) in [6.45, 7) is 4.93. The summed E-state index contributed by atoms with van der Waals surface area (Å²) in [5.41, 5.74) is 0. The van der Waals surface area contributed by atoms with Crippen molar-refractivity contribution in [2.45, 2.75) is 431 Å². The second kappa shape index (κ2) is 72.6. The Labute approximate surface area is 519 Å². The van der Waals surface area contributed by atoms with Crippen LogP contribution >= 0.6 is 0 Å². The third-order valence-corrected chi connectivity index (χ3v) is 17.7. The van der Waals surface area contributed by atoms with Gasteiger partial charge in [0.05, 0.1) is 25.4 Å². The number of unbranched alkanes of at least 4 members (excludes halogenated alkanes) is 56. The number of allylic oxidation sites excluding steroid dienone is 5. The zero-order valence-corrected chi connectivity index (χ0v) is 56.2. The van der Waals surface area contributed by atoms with Gasteiger partial charge in [0.2, 0.25) is 5.91 Å². The van der Waals surface area contributed by atoms with Gasteiger partial charge in [-0.1, -0.05) is 378 Å². The van der Waals surface area contributed by atoms with Crippen LogP contribution in [0.3, 0.4) is 0 Å². The van der Waals surface area contributed by atoms with Crippen molar-refractivity contribution in [3.05, 3.63) is 36.5 Å². The lowest BCUT2D eigenvalue weighted by atomic mass is 10.0. The van der Waals surface area contributed by atoms with Crippen LogP contribution in [0.15, 0.2) is 36.5 Å². The lowest BCUT2D eigenvalue weighted by molar-refractivity contribution is -0.143. The van der Waals surface area contributed by atoms with Crippen LogP contribution < -0.4 is 5.32 Å². The average Bonchev–Trinajstić information content (AvgIpc) is 3.49. The van der Waals surface area contributed by atoms with Gasteiger partial charge in [-0.2, -0.15) is 0 Å². The number of esters is 1. The Balaban J connectivity index is 3.37. The molecular formula is C77H147NO5. The summed E-state index contributed by atoms with van der Waals surface area (Å²) in [4.78, 5) is 24.6. The van der Waals surface area contributed by atoms with E-state index in [1.54, 1.807) is 6.08 Å².